The lowest BCUT2D eigenvalue weighted by atomic mass is 10.1. The van der Waals surface area contributed by atoms with E-state index in [-0.39, 0.29) is 0 Å². The molecular formula is C17H18N2OS. The standard InChI is InChI=1S/C17H18N2OS/c1-11-6-12(2)8-13(7-11)9-21-10-16-19-17-14(18)4-3-5-15(17)20-16/h3-8H,9-10,18H2,1-2H3. The van der Waals surface area contributed by atoms with Gasteiger partial charge in [0.1, 0.15) is 5.52 Å². The van der Waals surface area contributed by atoms with Crippen LogP contribution in [0.4, 0.5) is 5.69 Å². The Morgan fingerprint density at radius 1 is 1.10 bits per heavy atom. The molecule has 0 amide bonds. The zero-order valence-electron chi connectivity index (χ0n) is 12.2. The van der Waals surface area contributed by atoms with Gasteiger partial charge < -0.3 is 10.2 Å². The minimum Gasteiger partial charge on any atom is -0.440 e. The third-order valence-corrected chi connectivity index (χ3v) is 4.26. The zero-order chi connectivity index (χ0) is 14.8. The molecule has 2 aromatic carbocycles. The molecule has 0 aliphatic rings. The van der Waals surface area contributed by atoms with Crippen LogP contribution in [-0.2, 0) is 11.5 Å². The highest BCUT2D eigenvalue weighted by atomic mass is 32.2. The molecule has 0 saturated heterocycles. The van der Waals surface area contributed by atoms with Gasteiger partial charge in [0.25, 0.3) is 0 Å². The van der Waals surface area contributed by atoms with Crippen molar-refractivity contribution in [2.45, 2.75) is 25.4 Å². The summed E-state index contributed by atoms with van der Waals surface area (Å²) in [5.74, 6) is 2.44. The zero-order valence-corrected chi connectivity index (χ0v) is 13.0. The Hall–Kier alpha value is -1.94. The van der Waals surface area contributed by atoms with Crippen LogP contribution in [0.25, 0.3) is 11.1 Å². The van der Waals surface area contributed by atoms with E-state index in [9.17, 15) is 0 Å². The Balaban J connectivity index is 1.68. The summed E-state index contributed by atoms with van der Waals surface area (Å²) in [5.41, 5.74) is 12.0. The molecule has 0 radical (unpaired) electrons. The number of nitrogens with zero attached hydrogens (tertiary/aromatic N) is 1. The number of anilines is 1. The Bertz CT molecular complexity index is 759. The first-order chi connectivity index (χ1) is 10.1. The average molecular weight is 298 g/mol. The van der Waals surface area contributed by atoms with Crippen molar-refractivity contribution in [2.75, 3.05) is 5.73 Å². The molecule has 4 heteroatoms. The number of para-hydroxylation sites is 1. The van der Waals surface area contributed by atoms with E-state index in [4.69, 9.17) is 10.2 Å². The number of rotatable bonds is 4. The molecule has 108 valence electrons. The molecule has 0 bridgehead atoms. The molecule has 21 heavy (non-hydrogen) atoms. The monoisotopic (exact) mass is 298 g/mol. The Morgan fingerprint density at radius 2 is 1.86 bits per heavy atom. The van der Waals surface area contributed by atoms with Crippen molar-refractivity contribution in [2.24, 2.45) is 0 Å². The normalized spacial score (nSPS) is 11.1. The number of aryl methyl sites for hydroxylation is 2. The molecule has 1 aromatic heterocycles. The summed E-state index contributed by atoms with van der Waals surface area (Å²) in [6.45, 7) is 4.26. The van der Waals surface area contributed by atoms with Gasteiger partial charge in [-0.25, -0.2) is 4.98 Å². The number of nitrogen functional groups attached to an aromatic ring is 1. The SMILES string of the molecule is Cc1cc(C)cc(CSCc2nc3c(N)cccc3o2)c1. The Morgan fingerprint density at radius 3 is 2.57 bits per heavy atom. The van der Waals surface area contributed by atoms with Gasteiger partial charge in [0.15, 0.2) is 5.58 Å². The highest BCUT2D eigenvalue weighted by molar-refractivity contribution is 7.97. The second-order valence-electron chi connectivity index (χ2n) is 5.29. The minimum absolute atomic E-state index is 0.668. The molecule has 0 unspecified atom stereocenters. The molecule has 2 N–H and O–H groups in total. The summed E-state index contributed by atoms with van der Waals surface area (Å²) >= 11 is 1.80. The van der Waals surface area contributed by atoms with E-state index in [2.05, 4.69) is 37.0 Å². The molecule has 3 rings (SSSR count). The van der Waals surface area contributed by atoms with Crippen LogP contribution in [0.2, 0.25) is 0 Å². The van der Waals surface area contributed by atoms with Crippen LogP contribution in [0.3, 0.4) is 0 Å². The number of fused-ring (bicyclic) bond motifs is 1. The van der Waals surface area contributed by atoms with Crippen LogP contribution >= 0.6 is 11.8 Å². The summed E-state index contributed by atoms with van der Waals surface area (Å²) < 4.78 is 5.72. The molecule has 0 aliphatic carbocycles. The maximum absolute atomic E-state index is 5.89. The van der Waals surface area contributed by atoms with Gasteiger partial charge in [-0.3, -0.25) is 0 Å². The van der Waals surface area contributed by atoms with Crippen molar-refractivity contribution in [3.8, 4) is 0 Å². The number of nitrogens with two attached hydrogens (primary N) is 1. The van der Waals surface area contributed by atoms with Crippen molar-refractivity contribution < 1.29 is 4.42 Å². The first-order valence-electron chi connectivity index (χ1n) is 6.90. The topological polar surface area (TPSA) is 52.0 Å². The van der Waals surface area contributed by atoms with Gasteiger partial charge in [-0.2, -0.15) is 0 Å². The van der Waals surface area contributed by atoms with E-state index >= 15 is 0 Å². The van der Waals surface area contributed by atoms with Crippen molar-refractivity contribution in [3.05, 3.63) is 59.0 Å². The van der Waals surface area contributed by atoms with Crippen LogP contribution in [0.15, 0.2) is 40.8 Å². The molecule has 3 nitrogen and oxygen atoms in total. The van der Waals surface area contributed by atoms with E-state index in [0.717, 1.165) is 28.5 Å². The second-order valence-corrected chi connectivity index (χ2v) is 6.28. The van der Waals surface area contributed by atoms with E-state index in [0.29, 0.717) is 5.69 Å². The predicted molar refractivity (Wildman–Crippen MR) is 89.3 cm³/mol. The molecule has 1 heterocycles. The average Bonchev–Trinajstić information content (AvgIpc) is 2.82. The van der Waals surface area contributed by atoms with Gasteiger partial charge >= 0.3 is 0 Å². The number of aromatic nitrogens is 1. The fourth-order valence-electron chi connectivity index (χ4n) is 2.49. The van der Waals surface area contributed by atoms with Crippen molar-refractivity contribution >= 4 is 28.5 Å². The maximum atomic E-state index is 5.89. The number of benzene rings is 2. The van der Waals surface area contributed by atoms with E-state index < -0.39 is 0 Å². The third kappa shape index (κ3) is 3.22. The summed E-state index contributed by atoms with van der Waals surface area (Å²) in [7, 11) is 0. The van der Waals surface area contributed by atoms with Crippen LogP contribution in [0.5, 0.6) is 0 Å². The highest BCUT2D eigenvalue weighted by Gasteiger charge is 2.08. The Kier molecular flexibility index (Phi) is 3.88. The second kappa shape index (κ2) is 5.82. The molecule has 3 aromatic rings. The quantitative estimate of drug-likeness (QED) is 0.722. The van der Waals surface area contributed by atoms with Crippen LogP contribution in [0.1, 0.15) is 22.6 Å². The summed E-state index contributed by atoms with van der Waals surface area (Å²) in [5, 5.41) is 0. The molecule has 0 fully saturated rings. The van der Waals surface area contributed by atoms with Gasteiger partial charge in [-0.15, -0.1) is 11.8 Å². The first kappa shape index (κ1) is 14.0. The lowest BCUT2D eigenvalue weighted by Crippen LogP contribution is -1.87. The fraction of sp³-hybridized carbons (Fsp3) is 0.235. The smallest absolute Gasteiger partial charge is 0.205 e. The van der Waals surface area contributed by atoms with Gasteiger partial charge in [-0.1, -0.05) is 35.4 Å². The maximum Gasteiger partial charge on any atom is 0.205 e. The summed E-state index contributed by atoms with van der Waals surface area (Å²) in [4.78, 5) is 4.47. The molecule has 0 aliphatic heterocycles. The largest absolute Gasteiger partial charge is 0.440 e. The van der Waals surface area contributed by atoms with Gasteiger partial charge in [0, 0.05) is 5.75 Å². The number of hydrogen-bond donors (Lipinski definition) is 1. The van der Waals surface area contributed by atoms with E-state index in [1.54, 1.807) is 11.8 Å². The summed E-state index contributed by atoms with van der Waals surface area (Å²) in [6.07, 6.45) is 0. The van der Waals surface area contributed by atoms with E-state index in [1.807, 2.05) is 18.2 Å². The van der Waals surface area contributed by atoms with Gasteiger partial charge in [-0.05, 0) is 31.5 Å². The van der Waals surface area contributed by atoms with Gasteiger partial charge in [0.05, 0.1) is 11.4 Å². The predicted octanol–water partition coefficient (Wildman–Crippen LogP) is 4.46. The summed E-state index contributed by atoms with van der Waals surface area (Å²) in [6, 6.07) is 12.3. The van der Waals surface area contributed by atoms with Crippen molar-refractivity contribution in [3.63, 3.8) is 0 Å². The van der Waals surface area contributed by atoms with Crippen LogP contribution in [-0.4, -0.2) is 4.98 Å². The Labute approximate surface area is 128 Å². The van der Waals surface area contributed by atoms with Crippen LogP contribution < -0.4 is 5.73 Å². The third-order valence-electron chi connectivity index (χ3n) is 3.27. The highest BCUT2D eigenvalue weighted by Crippen LogP contribution is 2.25. The van der Waals surface area contributed by atoms with Crippen molar-refractivity contribution in [1.82, 2.24) is 4.98 Å². The van der Waals surface area contributed by atoms with E-state index in [1.165, 1.54) is 16.7 Å². The molecule has 0 atom stereocenters. The van der Waals surface area contributed by atoms with Gasteiger partial charge in [0.2, 0.25) is 5.89 Å². The number of oxazole rings is 1. The lowest BCUT2D eigenvalue weighted by molar-refractivity contribution is 0.556. The number of thioether (sulfide) groups is 1. The lowest BCUT2D eigenvalue weighted by Gasteiger charge is -2.03. The van der Waals surface area contributed by atoms with Crippen molar-refractivity contribution in [1.29, 1.82) is 0 Å². The minimum atomic E-state index is 0.668. The molecular weight excluding hydrogens is 280 g/mol. The fourth-order valence-corrected chi connectivity index (χ4v) is 3.29. The molecule has 0 saturated carbocycles. The molecule has 0 spiro atoms. The first-order valence-corrected chi connectivity index (χ1v) is 8.06. The van der Waals surface area contributed by atoms with Crippen LogP contribution in [0, 0.1) is 13.8 Å². The number of hydrogen-bond acceptors (Lipinski definition) is 4.